The summed E-state index contributed by atoms with van der Waals surface area (Å²) in [6.07, 6.45) is 6.06. The van der Waals surface area contributed by atoms with Crippen molar-refractivity contribution in [1.82, 2.24) is 40.6 Å². The number of rotatable bonds is 7. The van der Waals surface area contributed by atoms with Gasteiger partial charge in [-0.2, -0.15) is 5.10 Å². The topological polar surface area (TPSA) is 147 Å². The van der Waals surface area contributed by atoms with E-state index in [0.717, 1.165) is 79.3 Å². The van der Waals surface area contributed by atoms with Gasteiger partial charge in [-0.15, -0.1) is 10.2 Å². The van der Waals surface area contributed by atoms with Gasteiger partial charge in [0.05, 0.1) is 35.9 Å². The molecule has 42 heavy (non-hydrogen) atoms. The lowest BCUT2D eigenvalue weighted by Gasteiger charge is -2.26. The number of anilines is 2. The largest absolute Gasteiger partial charge is 0.416 e. The molecule has 2 aliphatic rings. The van der Waals surface area contributed by atoms with Gasteiger partial charge in [-0.05, 0) is 42.5 Å². The lowest BCUT2D eigenvalue weighted by atomic mass is 9.96. The van der Waals surface area contributed by atoms with Crippen molar-refractivity contribution in [2.24, 2.45) is 0 Å². The number of fused-ring (bicyclic) bond motifs is 1. The molecule has 2 unspecified atom stereocenters. The Morgan fingerprint density at radius 2 is 2.07 bits per heavy atom. The second-order valence-corrected chi connectivity index (χ2v) is 11.9. The average molecular weight is 572 g/mol. The molecular weight excluding hydrogens is 534 g/mol. The first-order valence-corrected chi connectivity index (χ1v) is 14.5. The van der Waals surface area contributed by atoms with Gasteiger partial charge in [-0.25, -0.2) is 9.97 Å². The summed E-state index contributed by atoms with van der Waals surface area (Å²) in [6.45, 7) is 11.0. The van der Waals surface area contributed by atoms with Crippen LogP contribution in [-0.2, 0) is 23.1 Å². The first-order chi connectivity index (χ1) is 20.3. The molecule has 6 rings (SSSR count). The number of ether oxygens (including phenoxy) is 1. The average Bonchev–Trinajstić information content (AvgIpc) is 3.75. The SMILES string of the molecule is CCc1[nH]ncc1Nc1nccc(-c2ccc3c(c2)CN(C2CCOC2)CCC3NC(=O)c2nnc(C(C)(C)C)o2)n1. The van der Waals surface area contributed by atoms with Gasteiger partial charge in [0.25, 0.3) is 0 Å². The molecule has 0 radical (unpaired) electrons. The van der Waals surface area contributed by atoms with Gasteiger partial charge < -0.3 is 19.8 Å². The van der Waals surface area contributed by atoms with Gasteiger partial charge in [0.2, 0.25) is 11.8 Å². The van der Waals surface area contributed by atoms with Crippen LogP contribution in [0.4, 0.5) is 11.6 Å². The quantitative estimate of drug-likeness (QED) is 0.293. The van der Waals surface area contributed by atoms with E-state index in [1.54, 1.807) is 12.4 Å². The van der Waals surface area contributed by atoms with Gasteiger partial charge in [0.1, 0.15) is 0 Å². The van der Waals surface area contributed by atoms with Crippen molar-refractivity contribution in [3.8, 4) is 11.3 Å². The minimum absolute atomic E-state index is 0.0201. The molecule has 3 N–H and O–H groups in total. The molecule has 1 aromatic carbocycles. The van der Waals surface area contributed by atoms with E-state index in [1.807, 2.05) is 26.8 Å². The smallest absolute Gasteiger partial charge is 0.309 e. The molecule has 0 aliphatic carbocycles. The Labute approximate surface area is 244 Å². The molecule has 2 atom stereocenters. The lowest BCUT2D eigenvalue weighted by molar-refractivity contribution is 0.0891. The molecule has 0 bridgehead atoms. The van der Waals surface area contributed by atoms with E-state index in [2.05, 4.69) is 66.0 Å². The predicted molar refractivity (Wildman–Crippen MR) is 156 cm³/mol. The highest BCUT2D eigenvalue weighted by Gasteiger charge is 2.31. The molecule has 12 heteroatoms. The van der Waals surface area contributed by atoms with Crippen molar-refractivity contribution in [1.29, 1.82) is 0 Å². The van der Waals surface area contributed by atoms with Crippen LogP contribution < -0.4 is 10.6 Å². The van der Waals surface area contributed by atoms with Crippen LogP contribution in [0.5, 0.6) is 0 Å². The molecule has 5 heterocycles. The van der Waals surface area contributed by atoms with Crippen LogP contribution in [-0.4, -0.2) is 67.0 Å². The third kappa shape index (κ3) is 5.90. The van der Waals surface area contributed by atoms with Gasteiger partial charge in [0, 0.05) is 42.9 Å². The molecule has 12 nitrogen and oxygen atoms in total. The number of nitrogens with zero attached hydrogens (tertiary/aromatic N) is 6. The van der Waals surface area contributed by atoms with Crippen LogP contribution in [0, 0.1) is 0 Å². The Kier molecular flexibility index (Phi) is 7.74. The molecule has 2 aliphatic heterocycles. The number of benzene rings is 1. The number of amides is 1. The molecule has 1 amide bonds. The standard InChI is InChI=1S/C30H37N9O3/c1-5-22-25(15-32-36-22)35-29-31-11-8-23(34-29)18-6-7-21-19(14-18)16-39(20-10-13-41-17-20)12-9-24(21)33-26(40)27-37-38-28(42-27)30(2,3)4/h6-8,11,14-15,20,24H,5,9-10,12-13,16-17H2,1-4H3,(H,32,36)(H,33,40)(H,31,34,35). The van der Waals surface area contributed by atoms with Crippen LogP contribution in [0.1, 0.15) is 80.0 Å². The normalized spacial score (nSPS) is 19.3. The van der Waals surface area contributed by atoms with E-state index >= 15 is 0 Å². The Balaban J connectivity index is 1.28. The first kappa shape index (κ1) is 28.0. The van der Waals surface area contributed by atoms with Crippen LogP contribution >= 0.6 is 0 Å². The van der Waals surface area contributed by atoms with E-state index in [1.165, 1.54) is 0 Å². The van der Waals surface area contributed by atoms with Crippen molar-refractivity contribution in [2.45, 2.75) is 71.0 Å². The van der Waals surface area contributed by atoms with Crippen LogP contribution in [0.2, 0.25) is 0 Å². The summed E-state index contributed by atoms with van der Waals surface area (Å²) in [6, 6.07) is 8.37. The minimum atomic E-state index is -0.368. The van der Waals surface area contributed by atoms with Gasteiger partial charge >= 0.3 is 11.8 Å². The summed E-state index contributed by atoms with van der Waals surface area (Å²) in [5.41, 5.74) is 5.51. The molecule has 4 aromatic rings. The third-order valence-corrected chi connectivity index (χ3v) is 7.85. The minimum Gasteiger partial charge on any atom is -0.416 e. The van der Waals surface area contributed by atoms with E-state index in [0.29, 0.717) is 17.9 Å². The number of carbonyl (C=O) groups is 1. The van der Waals surface area contributed by atoms with Crippen LogP contribution in [0.15, 0.2) is 41.1 Å². The Hall–Kier alpha value is -4.16. The first-order valence-electron chi connectivity index (χ1n) is 14.5. The number of aromatic nitrogens is 6. The number of aromatic amines is 1. The van der Waals surface area contributed by atoms with Gasteiger partial charge in [-0.3, -0.25) is 14.8 Å². The summed E-state index contributed by atoms with van der Waals surface area (Å²) >= 11 is 0. The fourth-order valence-electron chi connectivity index (χ4n) is 5.49. The molecule has 1 fully saturated rings. The fraction of sp³-hybridized carbons (Fsp3) is 0.467. The summed E-state index contributed by atoms with van der Waals surface area (Å²) in [4.78, 5) is 24.9. The fourth-order valence-corrected chi connectivity index (χ4v) is 5.49. The van der Waals surface area contributed by atoms with Crippen molar-refractivity contribution >= 4 is 17.5 Å². The Morgan fingerprint density at radius 1 is 1.19 bits per heavy atom. The third-order valence-electron chi connectivity index (χ3n) is 7.85. The zero-order valence-electron chi connectivity index (χ0n) is 24.5. The predicted octanol–water partition coefficient (Wildman–Crippen LogP) is 4.32. The molecule has 3 aromatic heterocycles. The van der Waals surface area contributed by atoms with Gasteiger partial charge in [-0.1, -0.05) is 39.8 Å². The van der Waals surface area contributed by atoms with Crippen molar-refractivity contribution in [2.75, 3.05) is 25.1 Å². The highest BCUT2D eigenvalue weighted by atomic mass is 16.5. The molecular formula is C30H37N9O3. The highest BCUT2D eigenvalue weighted by Crippen LogP contribution is 2.33. The van der Waals surface area contributed by atoms with E-state index < -0.39 is 0 Å². The van der Waals surface area contributed by atoms with Crippen molar-refractivity contribution in [3.63, 3.8) is 0 Å². The zero-order valence-corrected chi connectivity index (χ0v) is 24.5. The maximum absolute atomic E-state index is 13.2. The van der Waals surface area contributed by atoms with Crippen molar-refractivity contribution < 1.29 is 13.9 Å². The summed E-state index contributed by atoms with van der Waals surface area (Å²) < 4.78 is 11.4. The summed E-state index contributed by atoms with van der Waals surface area (Å²) in [7, 11) is 0. The zero-order chi connectivity index (χ0) is 29.3. The molecule has 0 spiro atoms. The number of carbonyl (C=O) groups excluding carboxylic acids is 1. The van der Waals surface area contributed by atoms with Crippen LogP contribution in [0.25, 0.3) is 11.3 Å². The van der Waals surface area contributed by atoms with Gasteiger partial charge in [0.15, 0.2) is 0 Å². The van der Waals surface area contributed by atoms with E-state index in [-0.39, 0.29) is 23.3 Å². The van der Waals surface area contributed by atoms with E-state index in [4.69, 9.17) is 14.1 Å². The maximum Gasteiger partial charge on any atom is 0.309 e. The number of hydrogen-bond acceptors (Lipinski definition) is 10. The monoisotopic (exact) mass is 571 g/mol. The second-order valence-electron chi connectivity index (χ2n) is 11.9. The molecule has 0 saturated carbocycles. The number of hydrogen-bond donors (Lipinski definition) is 3. The molecule has 220 valence electrons. The number of aryl methyl sites for hydroxylation is 1. The van der Waals surface area contributed by atoms with Crippen molar-refractivity contribution in [3.05, 3.63) is 65.3 Å². The Morgan fingerprint density at radius 3 is 2.83 bits per heavy atom. The van der Waals surface area contributed by atoms with Crippen LogP contribution in [0.3, 0.4) is 0 Å². The lowest BCUT2D eigenvalue weighted by Crippen LogP contribution is -2.36. The highest BCUT2D eigenvalue weighted by molar-refractivity contribution is 5.89. The van der Waals surface area contributed by atoms with E-state index in [9.17, 15) is 4.79 Å². The second kappa shape index (κ2) is 11.6. The summed E-state index contributed by atoms with van der Waals surface area (Å²) in [5.74, 6) is 0.548. The Bertz CT molecular complexity index is 1550. The summed E-state index contributed by atoms with van der Waals surface area (Å²) in [5, 5.41) is 21.7. The molecule has 1 saturated heterocycles. The number of nitrogens with one attached hydrogen (secondary N) is 3. The number of H-pyrrole nitrogens is 1. The maximum atomic E-state index is 13.2.